The van der Waals surface area contributed by atoms with E-state index in [1.165, 1.54) is 0 Å². The number of imidazole rings is 1. The second kappa shape index (κ2) is 6.84. The molecule has 0 saturated heterocycles. The predicted octanol–water partition coefficient (Wildman–Crippen LogP) is 3.18. The largest absolute Gasteiger partial charge is 0.487 e. The molecule has 0 unspecified atom stereocenters. The van der Waals surface area contributed by atoms with Crippen molar-refractivity contribution >= 4 is 11.3 Å². The van der Waals surface area contributed by atoms with Gasteiger partial charge in [0.2, 0.25) is 0 Å². The van der Waals surface area contributed by atoms with Crippen molar-refractivity contribution in [2.24, 2.45) is 0 Å². The molecule has 5 heteroatoms. The molecular formula is C19H21N3O2. The molecule has 0 radical (unpaired) electrons. The summed E-state index contributed by atoms with van der Waals surface area (Å²) in [6.07, 6.45) is 1.90. The highest BCUT2D eigenvalue weighted by atomic mass is 16.5. The van der Waals surface area contributed by atoms with Gasteiger partial charge in [0.05, 0.1) is 18.3 Å². The van der Waals surface area contributed by atoms with Crippen molar-refractivity contribution in [3.05, 3.63) is 65.7 Å². The van der Waals surface area contributed by atoms with Gasteiger partial charge in [0.15, 0.2) is 5.78 Å². The first kappa shape index (κ1) is 16.2. The van der Waals surface area contributed by atoms with E-state index in [1.54, 1.807) is 6.92 Å². The smallest absolute Gasteiger partial charge is 0.180 e. The molecule has 0 fully saturated rings. The van der Waals surface area contributed by atoms with E-state index in [4.69, 9.17) is 4.74 Å². The van der Waals surface area contributed by atoms with Gasteiger partial charge in [-0.05, 0) is 31.8 Å². The molecule has 0 aliphatic carbocycles. The summed E-state index contributed by atoms with van der Waals surface area (Å²) in [7, 11) is 3.95. The van der Waals surface area contributed by atoms with Gasteiger partial charge >= 0.3 is 0 Å². The van der Waals surface area contributed by atoms with Gasteiger partial charge in [-0.15, -0.1) is 0 Å². The van der Waals surface area contributed by atoms with E-state index in [0.29, 0.717) is 18.8 Å². The third-order valence-electron chi connectivity index (χ3n) is 3.72. The zero-order valence-corrected chi connectivity index (χ0v) is 14.2. The van der Waals surface area contributed by atoms with Crippen molar-refractivity contribution in [1.29, 1.82) is 0 Å². The number of Topliss-reactive ketones (excluding diaryl/α,β-unsaturated/α-hetero) is 1. The Morgan fingerprint density at radius 2 is 1.92 bits per heavy atom. The summed E-state index contributed by atoms with van der Waals surface area (Å²) in [6, 6.07) is 13.8. The minimum absolute atomic E-state index is 0.0320. The van der Waals surface area contributed by atoms with E-state index in [0.717, 1.165) is 22.7 Å². The monoisotopic (exact) mass is 323 g/mol. The van der Waals surface area contributed by atoms with Crippen LogP contribution in [0.4, 0.5) is 0 Å². The van der Waals surface area contributed by atoms with E-state index < -0.39 is 0 Å². The summed E-state index contributed by atoms with van der Waals surface area (Å²) in [6.45, 7) is 2.70. The Hall–Kier alpha value is -2.66. The summed E-state index contributed by atoms with van der Waals surface area (Å²) in [5.74, 6) is 1.54. The zero-order chi connectivity index (χ0) is 17.1. The Morgan fingerprint density at radius 3 is 2.58 bits per heavy atom. The Kier molecular flexibility index (Phi) is 4.62. The molecule has 0 saturated carbocycles. The molecular weight excluding hydrogens is 302 g/mol. The molecule has 0 aliphatic rings. The van der Waals surface area contributed by atoms with Gasteiger partial charge in [-0.25, -0.2) is 4.98 Å². The van der Waals surface area contributed by atoms with Gasteiger partial charge in [-0.1, -0.05) is 30.3 Å². The van der Waals surface area contributed by atoms with E-state index >= 15 is 0 Å². The maximum absolute atomic E-state index is 11.8. The molecule has 0 amide bonds. The van der Waals surface area contributed by atoms with Crippen LogP contribution in [0.15, 0.2) is 48.7 Å². The number of carbonyl (C=O) groups is 1. The highest BCUT2D eigenvalue weighted by Gasteiger charge is 2.15. The lowest BCUT2D eigenvalue weighted by molar-refractivity contribution is 0.101. The van der Waals surface area contributed by atoms with E-state index in [2.05, 4.69) is 4.98 Å². The van der Waals surface area contributed by atoms with Crippen molar-refractivity contribution in [3.63, 3.8) is 0 Å². The molecule has 2 aromatic heterocycles. The third kappa shape index (κ3) is 3.46. The van der Waals surface area contributed by atoms with Crippen molar-refractivity contribution in [1.82, 2.24) is 14.3 Å². The lowest BCUT2D eigenvalue weighted by atomic mass is 10.2. The Bertz CT molecular complexity index is 854. The first-order chi connectivity index (χ1) is 11.5. The molecule has 0 N–H and O–H groups in total. The minimum atomic E-state index is -0.0320. The number of carbonyl (C=O) groups excluding carboxylic acids is 1. The fraction of sp³-hybridized carbons (Fsp3) is 0.263. The molecule has 24 heavy (non-hydrogen) atoms. The topological polar surface area (TPSA) is 46.8 Å². The number of ketones is 1. The number of nitrogens with zero attached hydrogens (tertiary/aromatic N) is 3. The Balaban J connectivity index is 1.92. The molecule has 2 heterocycles. The Labute approximate surface area is 141 Å². The summed E-state index contributed by atoms with van der Waals surface area (Å²) < 4.78 is 7.82. The summed E-state index contributed by atoms with van der Waals surface area (Å²) in [4.78, 5) is 18.4. The van der Waals surface area contributed by atoms with Gasteiger partial charge in [-0.2, -0.15) is 0 Å². The average Bonchev–Trinajstić information content (AvgIpc) is 2.91. The third-order valence-corrected chi connectivity index (χ3v) is 3.72. The van der Waals surface area contributed by atoms with Crippen molar-refractivity contribution in [2.45, 2.75) is 20.1 Å². The number of pyridine rings is 1. The average molecular weight is 323 g/mol. The molecule has 1 aromatic carbocycles. The second-order valence-electron chi connectivity index (χ2n) is 6.06. The van der Waals surface area contributed by atoms with Gasteiger partial charge in [0.25, 0.3) is 0 Å². The summed E-state index contributed by atoms with van der Waals surface area (Å²) in [5, 5.41) is 0. The maximum Gasteiger partial charge on any atom is 0.180 e. The lowest BCUT2D eigenvalue weighted by Gasteiger charge is -2.10. The SMILES string of the molecule is CC(=O)c1nc(CN(C)C)n2cc(OCc3ccccc3)ccc12. The minimum Gasteiger partial charge on any atom is -0.487 e. The van der Waals surface area contributed by atoms with Gasteiger partial charge in [0, 0.05) is 6.92 Å². The van der Waals surface area contributed by atoms with Gasteiger partial charge in [0.1, 0.15) is 23.9 Å². The van der Waals surface area contributed by atoms with E-state index in [9.17, 15) is 4.79 Å². The molecule has 3 aromatic rings. The van der Waals surface area contributed by atoms with Crippen LogP contribution < -0.4 is 4.74 Å². The number of aromatic nitrogens is 2. The van der Waals surface area contributed by atoms with Gasteiger partial charge < -0.3 is 9.64 Å². The van der Waals surface area contributed by atoms with Crippen LogP contribution in [-0.2, 0) is 13.2 Å². The van der Waals surface area contributed by atoms with E-state index in [-0.39, 0.29) is 5.78 Å². The highest BCUT2D eigenvalue weighted by Crippen LogP contribution is 2.20. The lowest BCUT2D eigenvalue weighted by Crippen LogP contribution is -2.13. The number of ether oxygens (including phenoxy) is 1. The normalized spacial score (nSPS) is 11.2. The molecule has 5 nitrogen and oxygen atoms in total. The number of benzene rings is 1. The summed E-state index contributed by atoms with van der Waals surface area (Å²) in [5.41, 5.74) is 2.43. The molecule has 0 atom stereocenters. The first-order valence-corrected chi connectivity index (χ1v) is 7.88. The van der Waals surface area contributed by atoms with Crippen LogP contribution in [0.2, 0.25) is 0 Å². The quantitative estimate of drug-likeness (QED) is 0.654. The molecule has 0 bridgehead atoms. The Morgan fingerprint density at radius 1 is 1.17 bits per heavy atom. The van der Waals surface area contributed by atoms with Gasteiger partial charge in [-0.3, -0.25) is 9.20 Å². The zero-order valence-electron chi connectivity index (χ0n) is 14.2. The predicted molar refractivity (Wildman–Crippen MR) is 93.4 cm³/mol. The van der Waals surface area contributed by atoms with Crippen LogP contribution in [0.1, 0.15) is 28.8 Å². The highest BCUT2D eigenvalue weighted by molar-refractivity contribution is 5.99. The van der Waals surface area contributed by atoms with Crippen LogP contribution in [-0.4, -0.2) is 34.2 Å². The van der Waals surface area contributed by atoms with Crippen LogP contribution in [0.5, 0.6) is 5.75 Å². The molecule has 124 valence electrons. The van der Waals surface area contributed by atoms with Crippen molar-refractivity contribution in [3.8, 4) is 5.75 Å². The molecule has 0 aliphatic heterocycles. The number of hydrogen-bond donors (Lipinski definition) is 0. The fourth-order valence-corrected chi connectivity index (χ4v) is 2.61. The van der Waals surface area contributed by atoms with Crippen LogP contribution in [0.3, 0.4) is 0 Å². The number of hydrogen-bond acceptors (Lipinski definition) is 4. The second-order valence-corrected chi connectivity index (χ2v) is 6.06. The van der Waals surface area contributed by atoms with Crippen LogP contribution in [0.25, 0.3) is 5.52 Å². The van der Waals surface area contributed by atoms with Crippen molar-refractivity contribution in [2.75, 3.05) is 14.1 Å². The molecule has 0 spiro atoms. The number of fused-ring (bicyclic) bond motifs is 1. The first-order valence-electron chi connectivity index (χ1n) is 7.88. The maximum atomic E-state index is 11.8. The van der Waals surface area contributed by atoms with E-state index in [1.807, 2.05) is 72.1 Å². The van der Waals surface area contributed by atoms with Crippen LogP contribution in [0, 0.1) is 0 Å². The summed E-state index contributed by atoms with van der Waals surface area (Å²) >= 11 is 0. The fourth-order valence-electron chi connectivity index (χ4n) is 2.61. The standard InChI is InChI=1S/C19H21N3O2/c1-14(23)19-17-10-9-16(24-13-15-7-5-4-6-8-15)11-22(17)18(20-19)12-21(2)3/h4-11H,12-13H2,1-3H3. The number of rotatable bonds is 6. The van der Waals surface area contributed by atoms with Crippen molar-refractivity contribution < 1.29 is 9.53 Å². The van der Waals surface area contributed by atoms with Crippen LogP contribution >= 0.6 is 0 Å². The molecule has 3 rings (SSSR count).